The lowest BCUT2D eigenvalue weighted by atomic mass is 10.1. The Kier molecular flexibility index (Phi) is 5.93. The van der Waals surface area contributed by atoms with E-state index < -0.39 is 16.1 Å². The molecular weight excluding hydrogens is 352 g/mol. The van der Waals surface area contributed by atoms with Gasteiger partial charge in [-0.1, -0.05) is 31.9 Å². The number of aliphatic imine (C=N–C) groups is 1. The topological polar surface area (TPSA) is 99.7 Å². The zero-order valence-corrected chi connectivity index (χ0v) is 15.8. The van der Waals surface area contributed by atoms with Crippen LogP contribution in [0.15, 0.2) is 34.2 Å². The number of piperidine rings is 1. The Morgan fingerprint density at radius 1 is 1.38 bits per heavy atom. The number of hydrogen-bond acceptors (Lipinski definition) is 5. The van der Waals surface area contributed by atoms with Crippen molar-refractivity contribution in [2.45, 2.75) is 56.0 Å². The number of carbonyl (C=O) groups is 1. The van der Waals surface area contributed by atoms with Crippen molar-refractivity contribution in [1.82, 2.24) is 15.4 Å². The van der Waals surface area contributed by atoms with Gasteiger partial charge in [-0.3, -0.25) is 14.5 Å². The SMILES string of the molecule is CCCCC(N=C1NS(=O)(=O)c2ccccc21)C(=O)NC1CCCNC1. The predicted octanol–water partition coefficient (Wildman–Crippen LogP) is 1.15. The third-order valence-electron chi connectivity index (χ3n) is 4.72. The first-order valence-corrected chi connectivity index (χ1v) is 10.7. The first kappa shape index (κ1) is 18.8. The average Bonchev–Trinajstić information content (AvgIpc) is 2.90. The van der Waals surface area contributed by atoms with E-state index in [2.05, 4.69) is 27.3 Å². The molecule has 0 bridgehead atoms. The smallest absolute Gasteiger partial charge is 0.263 e. The molecule has 8 heteroatoms. The van der Waals surface area contributed by atoms with Crippen molar-refractivity contribution < 1.29 is 13.2 Å². The standard InChI is InChI=1S/C18H26N4O3S/c1-2-3-9-15(18(23)20-13-7-6-11-19-12-13)21-17-14-8-4-5-10-16(14)26(24,25)22-17/h4-5,8,10,13,15,19H,2-3,6-7,9,11-12H2,1H3,(H,20,23)(H,21,22). The Bertz CT molecular complexity index is 785. The van der Waals surface area contributed by atoms with Crippen molar-refractivity contribution in [3.8, 4) is 0 Å². The highest BCUT2D eigenvalue weighted by Gasteiger charge is 2.32. The summed E-state index contributed by atoms with van der Waals surface area (Å²) in [7, 11) is -3.60. The summed E-state index contributed by atoms with van der Waals surface area (Å²) < 4.78 is 27.0. The molecule has 0 aromatic heterocycles. The number of amidine groups is 1. The Morgan fingerprint density at radius 2 is 2.19 bits per heavy atom. The number of amides is 1. The number of carbonyl (C=O) groups excluding carboxylic acids is 1. The second kappa shape index (κ2) is 8.18. The molecule has 3 rings (SSSR count). The van der Waals surface area contributed by atoms with Gasteiger partial charge in [-0.05, 0) is 37.9 Å². The molecule has 0 saturated carbocycles. The van der Waals surface area contributed by atoms with Gasteiger partial charge in [-0.15, -0.1) is 0 Å². The van der Waals surface area contributed by atoms with E-state index in [1.165, 1.54) is 0 Å². The summed E-state index contributed by atoms with van der Waals surface area (Å²) in [5.74, 6) is 0.127. The molecule has 1 aromatic rings. The van der Waals surface area contributed by atoms with Crippen molar-refractivity contribution in [3.05, 3.63) is 29.8 Å². The minimum absolute atomic E-state index is 0.105. The summed E-state index contributed by atoms with van der Waals surface area (Å²) in [6.07, 6.45) is 4.38. The second-order valence-corrected chi connectivity index (χ2v) is 8.44. The summed E-state index contributed by atoms with van der Waals surface area (Å²) in [5, 5.41) is 6.34. The van der Waals surface area contributed by atoms with Crippen molar-refractivity contribution in [1.29, 1.82) is 0 Å². The number of sulfonamides is 1. The lowest BCUT2D eigenvalue weighted by Crippen LogP contribution is -2.48. The maximum absolute atomic E-state index is 12.8. The third kappa shape index (κ3) is 4.24. The summed E-state index contributed by atoms with van der Waals surface area (Å²) in [5.41, 5.74) is 0.529. The summed E-state index contributed by atoms with van der Waals surface area (Å²) >= 11 is 0. The van der Waals surface area contributed by atoms with Gasteiger partial charge in [0.2, 0.25) is 5.91 Å². The molecule has 2 aliphatic rings. The minimum Gasteiger partial charge on any atom is -0.350 e. The first-order chi connectivity index (χ1) is 12.5. The highest BCUT2D eigenvalue weighted by atomic mass is 32.2. The molecule has 142 valence electrons. The molecule has 3 N–H and O–H groups in total. The van der Waals surface area contributed by atoms with E-state index in [1.807, 2.05) is 0 Å². The highest BCUT2D eigenvalue weighted by molar-refractivity contribution is 7.90. The van der Waals surface area contributed by atoms with Crippen LogP contribution in [0.2, 0.25) is 0 Å². The van der Waals surface area contributed by atoms with Gasteiger partial charge in [0.1, 0.15) is 11.9 Å². The molecule has 1 fully saturated rings. The molecule has 2 heterocycles. The Morgan fingerprint density at radius 3 is 2.92 bits per heavy atom. The van der Waals surface area contributed by atoms with Crippen LogP contribution in [0.1, 0.15) is 44.6 Å². The van der Waals surface area contributed by atoms with Crippen LogP contribution in [0.5, 0.6) is 0 Å². The van der Waals surface area contributed by atoms with Gasteiger partial charge in [0.15, 0.2) is 0 Å². The Balaban J connectivity index is 1.82. The van der Waals surface area contributed by atoms with Crippen LogP contribution in [0.25, 0.3) is 0 Å². The van der Waals surface area contributed by atoms with E-state index >= 15 is 0 Å². The zero-order valence-electron chi connectivity index (χ0n) is 15.0. The molecule has 0 radical (unpaired) electrons. The van der Waals surface area contributed by atoms with Gasteiger partial charge in [-0.25, -0.2) is 8.42 Å². The molecule has 0 aliphatic carbocycles. The molecule has 1 amide bonds. The molecule has 2 atom stereocenters. The summed E-state index contributed by atoms with van der Waals surface area (Å²) in [6, 6.07) is 6.22. The second-order valence-electron chi connectivity index (χ2n) is 6.79. The van der Waals surface area contributed by atoms with Gasteiger partial charge in [0.25, 0.3) is 10.0 Å². The number of nitrogens with one attached hydrogen (secondary N) is 3. The quantitative estimate of drug-likeness (QED) is 0.691. The van der Waals surface area contributed by atoms with Crippen molar-refractivity contribution in [2.24, 2.45) is 4.99 Å². The minimum atomic E-state index is -3.60. The third-order valence-corrected chi connectivity index (χ3v) is 6.12. The predicted molar refractivity (Wildman–Crippen MR) is 101 cm³/mol. The molecule has 1 saturated heterocycles. The summed E-state index contributed by atoms with van der Waals surface area (Å²) in [4.78, 5) is 17.5. The fourth-order valence-electron chi connectivity index (χ4n) is 3.31. The molecule has 2 aliphatic heterocycles. The van der Waals surface area contributed by atoms with E-state index in [1.54, 1.807) is 24.3 Å². The Hall–Kier alpha value is -1.93. The van der Waals surface area contributed by atoms with E-state index in [0.717, 1.165) is 38.8 Å². The van der Waals surface area contributed by atoms with Gasteiger partial charge in [0, 0.05) is 18.2 Å². The van der Waals surface area contributed by atoms with Crippen LogP contribution < -0.4 is 15.4 Å². The monoisotopic (exact) mass is 378 g/mol. The summed E-state index contributed by atoms with van der Waals surface area (Å²) in [6.45, 7) is 3.80. The van der Waals surface area contributed by atoms with Crippen LogP contribution >= 0.6 is 0 Å². The van der Waals surface area contributed by atoms with Crippen molar-refractivity contribution in [3.63, 3.8) is 0 Å². The van der Waals surface area contributed by atoms with Gasteiger partial charge in [-0.2, -0.15) is 0 Å². The van der Waals surface area contributed by atoms with E-state index in [4.69, 9.17) is 0 Å². The first-order valence-electron chi connectivity index (χ1n) is 9.22. The normalized spacial score (nSPS) is 23.9. The van der Waals surface area contributed by atoms with Gasteiger partial charge in [0.05, 0.1) is 4.90 Å². The lowest BCUT2D eigenvalue weighted by Gasteiger charge is -2.25. The van der Waals surface area contributed by atoms with Crippen LogP contribution in [0.4, 0.5) is 0 Å². The highest BCUT2D eigenvalue weighted by Crippen LogP contribution is 2.23. The fraction of sp³-hybridized carbons (Fsp3) is 0.556. The molecule has 26 heavy (non-hydrogen) atoms. The van der Waals surface area contributed by atoms with Crippen molar-refractivity contribution >= 4 is 21.8 Å². The number of nitrogens with zero attached hydrogens (tertiary/aromatic N) is 1. The molecular formula is C18H26N4O3S. The Labute approximate surface area is 154 Å². The lowest BCUT2D eigenvalue weighted by molar-refractivity contribution is -0.123. The maximum atomic E-state index is 12.8. The average molecular weight is 378 g/mol. The molecule has 1 aromatic carbocycles. The molecule has 7 nitrogen and oxygen atoms in total. The van der Waals surface area contributed by atoms with Gasteiger partial charge >= 0.3 is 0 Å². The number of fused-ring (bicyclic) bond motifs is 1. The zero-order chi connectivity index (χ0) is 18.6. The number of unbranched alkanes of at least 4 members (excludes halogenated alkanes) is 1. The van der Waals surface area contributed by atoms with Crippen LogP contribution in [0, 0.1) is 0 Å². The molecule has 0 spiro atoms. The van der Waals surface area contributed by atoms with Gasteiger partial charge < -0.3 is 10.6 Å². The maximum Gasteiger partial charge on any atom is 0.263 e. The number of hydrogen-bond donors (Lipinski definition) is 3. The van der Waals surface area contributed by atoms with Crippen molar-refractivity contribution in [2.75, 3.05) is 13.1 Å². The van der Waals surface area contributed by atoms with E-state index in [0.29, 0.717) is 12.0 Å². The van der Waals surface area contributed by atoms with Crippen LogP contribution in [-0.2, 0) is 14.8 Å². The number of rotatable bonds is 6. The molecule has 2 unspecified atom stereocenters. The van der Waals surface area contributed by atoms with Crippen LogP contribution in [0.3, 0.4) is 0 Å². The largest absolute Gasteiger partial charge is 0.350 e. The van der Waals surface area contributed by atoms with E-state index in [9.17, 15) is 13.2 Å². The van der Waals surface area contributed by atoms with E-state index in [-0.39, 0.29) is 22.7 Å². The fourth-order valence-corrected chi connectivity index (χ4v) is 4.55. The van der Waals surface area contributed by atoms with Crippen LogP contribution in [-0.4, -0.2) is 45.3 Å². The number of benzene rings is 1.